The first-order valence-electron chi connectivity index (χ1n) is 11.2. The maximum absolute atomic E-state index is 13.2. The minimum atomic E-state index is -0.131. The number of benzene rings is 1. The van der Waals surface area contributed by atoms with E-state index >= 15 is 0 Å². The molecule has 1 N–H and O–H groups in total. The molecule has 8 heteroatoms. The molecule has 3 aromatic rings. The average molecular weight is 454 g/mol. The standard InChI is InChI=1S/C24H28ClN5O2/c1-2-3-6-20-15-29(16-21(31)7-4-5-17-13-26-27-14-17)24(32)23-12-22(28-30(20)23)18-8-10-19(25)11-9-18/h8-14,20H,2-7,15-16H2,1H3,(H,26,27). The van der Waals surface area contributed by atoms with Gasteiger partial charge in [-0.05, 0) is 43.0 Å². The van der Waals surface area contributed by atoms with E-state index in [0.717, 1.165) is 48.9 Å². The third-order valence-electron chi connectivity index (χ3n) is 5.89. The zero-order chi connectivity index (χ0) is 22.5. The van der Waals surface area contributed by atoms with Gasteiger partial charge in [0.25, 0.3) is 5.91 Å². The largest absolute Gasteiger partial charge is 0.328 e. The fourth-order valence-corrected chi connectivity index (χ4v) is 4.28. The lowest BCUT2D eigenvalue weighted by Gasteiger charge is -2.33. The molecule has 168 valence electrons. The van der Waals surface area contributed by atoms with Crippen molar-refractivity contribution in [3.63, 3.8) is 0 Å². The van der Waals surface area contributed by atoms with E-state index in [9.17, 15) is 9.59 Å². The van der Waals surface area contributed by atoms with Crippen molar-refractivity contribution in [3.8, 4) is 11.3 Å². The van der Waals surface area contributed by atoms with Gasteiger partial charge in [-0.3, -0.25) is 19.4 Å². The first kappa shape index (κ1) is 22.3. The molecule has 0 spiro atoms. The Bertz CT molecular complexity index is 1060. The molecule has 2 aromatic heterocycles. The van der Waals surface area contributed by atoms with Gasteiger partial charge >= 0.3 is 0 Å². The van der Waals surface area contributed by atoms with Crippen LogP contribution in [0.2, 0.25) is 5.02 Å². The second kappa shape index (κ2) is 10.1. The van der Waals surface area contributed by atoms with E-state index in [4.69, 9.17) is 16.7 Å². The van der Waals surface area contributed by atoms with Crippen molar-refractivity contribution < 1.29 is 9.59 Å². The summed E-state index contributed by atoms with van der Waals surface area (Å²) >= 11 is 6.01. The number of H-pyrrole nitrogens is 1. The summed E-state index contributed by atoms with van der Waals surface area (Å²) in [4.78, 5) is 27.5. The normalized spacial score (nSPS) is 15.8. The van der Waals surface area contributed by atoms with E-state index in [2.05, 4.69) is 17.1 Å². The first-order chi connectivity index (χ1) is 15.5. The molecule has 1 aliphatic heterocycles. The quantitative estimate of drug-likeness (QED) is 0.482. The van der Waals surface area contributed by atoms with Gasteiger partial charge in [-0.2, -0.15) is 10.2 Å². The van der Waals surface area contributed by atoms with Crippen LogP contribution < -0.4 is 0 Å². The molecule has 1 atom stereocenters. The van der Waals surface area contributed by atoms with Crippen LogP contribution in [0.4, 0.5) is 0 Å². The Hall–Kier alpha value is -2.93. The van der Waals surface area contributed by atoms with Crippen molar-refractivity contribution in [3.05, 3.63) is 59.0 Å². The van der Waals surface area contributed by atoms with Gasteiger partial charge in [0.05, 0.1) is 24.5 Å². The molecule has 0 fully saturated rings. The van der Waals surface area contributed by atoms with Crippen LogP contribution in [0.1, 0.15) is 61.1 Å². The Morgan fingerprint density at radius 3 is 2.78 bits per heavy atom. The van der Waals surface area contributed by atoms with Crippen molar-refractivity contribution in [2.75, 3.05) is 13.1 Å². The van der Waals surface area contributed by atoms with Crippen molar-refractivity contribution in [1.29, 1.82) is 0 Å². The van der Waals surface area contributed by atoms with E-state index in [1.807, 2.05) is 41.2 Å². The van der Waals surface area contributed by atoms with Crippen LogP contribution in [0.25, 0.3) is 11.3 Å². The molecule has 1 unspecified atom stereocenters. The Morgan fingerprint density at radius 2 is 2.06 bits per heavy atom. The summed E-state index contributed by atoms with van der Waals surface area (Å²) in [7, 11) is 0. The molecule has 4 rings (SSSR count). The second-order valence-corrected chi connectivity index (χ2v) is 8.78. The summed E-state index contributed by atoms with van der Waals surface area (Å²) in [6.45, 7) is 2.81. The molecular formula is C24H28ClN5O2. The molecule has 1 amide bonds. The lowest BCUT2D eigenvalue weighted by atomic mass is 10.0. The number of aryl methyl sites for hydroxylation is 1. The van der Waals surface area contributed by atoms with Gasteiger partial charge < -0.3 is 4.90 Å². The number of nitrogens with zero attached hydrogens (tertiary/aromatic N) is 4. The van der Waals surface area contributed by atoms with Crippen LogP contribution >= 0.6 is 11.6 Å². The lowest BCUT2D eigenvalue weighted by molar-refractivity contribution is -0.120. The Balaban J connectivity index is 1.48. The van der Waals surface area contributed by atoms with Crippen LogP contribution in [0.3, 0.4) is 0 Å². The summed E-state index contributed by atoms with van der Waals surface area (Å²) in [6, 6.07) is 9.36. The maximum atomic E-state index is 13.2. The number of nitrogens with one attached hydrogen (secondary N) is 1. The van der Waals surface area contributed by atoms with Gasteiger partial charge in [0, 0.05) is 29.7 Å². The molecule has 7 nitrogen and oxygen atoms in total. The molecule has 1 aliphatic rings. The summed E-state index contributed by atoms with van der Waals surface area (Å²) in [6.07, 6.45) is 8.64. The summed E-state index contributed by atoms with van der Waals surface area (Å²) in [5, 5.41) is 12.1. The zero-order valence-electron chi connectivity index (χ0n) is 18.3. The highest BCUT2D eigenvalue weighted by molar-refractivity contribution is 6.30. The van der Waals surface area contributed by atoms with Gasteiger partial charge in [-0.25, -0.2) is 0 Å². The summed E-state index contributed by atoms with van der Waals surface area (Å²) in [5.74, 6) is -0.0457. The zero-order valence-corrected chi connectivity index (χ0v) is 19.0. The highest BCUT2D eigenvalue weighted by atomic mass is 35.5. The van der Waals surface area contributed by atoms with Gasteiger partial charge in [0.2, 0.25) is 0 Å². The maximum Gasteiger partial charge on any atom is 0.272 e. The number of carbonyl (C=O) groups is 2. The van der Waals surface area contributed by atoms with Crippen LogP contribution in [-0.2, 0) is 11.2 Å². The first-order valence-corrected chi connectivity index (χ1v) is 11.6. The van der Waals surface area contributed by atoms with Crippen molar-refractivity contribution in [1.82, 2.24) is 24.9 Å². The molecule has 0 aliphatic carbocycles. The van der Waals surface area contributed by atoms with Gasteiger partial charge in [0.1, 0.15) is 5.69 Å². The summed E-state index contributed by atoms with van der Waals surface area (Å²) < 4.78 is 1.86. The van der Waals surface area contributed by atoms with Crippen LogP contribution in [0, 0.1) is 0 Å². The predicted molar refractivity (Wildman–Crippen MR) is 124 cm³/mol. The number of Topliss-reactive ketones (excluding diaryl/α,β-unsaturated/α-hetero) is 1. The number of carbonyl (C=O) groups excluding carboxylic acids is 2. The highest BCUT2D eigenvalue weighted by Crippen LogP contribution is 2.29. The minimum Gasteiger partial charge on any atom is -0.328 e. The van der Waals surface area contributed by atoms with E-state index in [0.29, 0.717) is 23.7 Å². The Kier molecular flexibility index (Phi) is 7.05. The number of aromatic nitrogens is 4. The van der Waals surface area contributed by atoms with Gasteiger partial charge in [0.15, 0.2) is 5.78 Å². The van der Waals surface area contributed by atoms with Crippen molar-refractivity contribution in [2.24, 2.45) is 0 Å². The predicted octanol–water partition coefficient (Wildman–Crippen LogP) is 4.71. The fraction of sp³-hybridized carbons (Fsp3) is 0.417. The fourth-order valence-electron chi connectivity index (χ4n) is 4.16. The number of ketones is 1. The average Bonchev–Trinajstić information content (AvgIpc) is 3.46. The van der Waals surface area contributed by atoms with Crippen molar-refractivity contribution in [2.45, 2.75) is 51.5 Å². The number of rotatable bonds is 10. The highest BCUT2D eigenvalue weighted by Gasteiger charge is 2.33. The van der Waals surface area contributed by atoms with Crippen LogP contribution in [0.15, 0.2) is 42.7 Å². The van der Waals surface area contributed by atoms with Gasteiger partial charge in [-0.15, -0.1) is 0 Å². The number of unbranched alkanes of at least 4 members (excludes halogenated alkanes) is 1. The number of hydrogen-bond acceptors (Lipinski definition) is 4. The number of halogens is 1. The monoisotopic (exact) mass is 453 g/mol. The van der Waals surface area contributed by atoms with E-state index in [-0.39, 0.29) is 24.3 Å². The van der Waals surface area contributed by atoms with E-state index in [1.165, 1.54) is 0 Å². The van der Waals surface area contributed by atoms with Crippen molar-refractivity contribution >= 4 is 23.3 Å². The number of fused-ring (bicyclic) bond motifs is 1. The Labute approximate surface area is 192 Å². The van der Waals surface area contributed by atoms with Crippen LogP contribution in [0.5, 0.6) is 0 Å². The smallest absolute Gasteiger partial charge is 0.272 e. The topological polar surface area (TPSA) is 83.9 Å². The van der Waals surface area contributed by atoms with E-state index < -0.39 is 0 Å². The second-order valence-electron chi connectivity index (χ2n) is 8.35. The number of hydrogen-bond donors (Lipinski definition) is 1. The Morgan fingerprint density at radius 1 is 1.25 bits per heavy atom. The SMILES string of the molecule is CCCCC1CN(CC(=O)CCCc2cn[nH]c2)C(=O)c2cc(-c3ccc(Cl)cc3)nn21. The third-order valence-corrected chi connectivity index (χ3v) is 6.15. The number of aromatic amines is 1. The molecule has 0 saturated heterocycles. The number of amides is 1. The third kappa shape index (κ3) is 5.10. The molecule has 1 aromatic carbocycles. The minimum absolute atomic E-state index is 0.0717. The molecular weight excluding hydrogens is 426 g/mol. The molecule has 0 bridgehead atoms. The molecule has 0 radical (unpaired) electrons. The molecule has 3 heterocycles. The van der Waals surface area contributed by atoms with Gasteiger partial charge in [-0.1, -0.05) is 43.5 Å². The molecule has 0 saturated carbocycles. The van der Waals surface area contributed by atoms with Crippen LogP contribution in [-0.4, -0.2) is 49.7 Å². The summed E-state index contributed by atoms with van der Waals surface area (Å²) in [5.41, 5.74) is 3.30. The lowest BCUT2D eigenvalue weighted by Crippen LogP contribution is -2.45. The molecule has 32 heavy (non-hydrogen) atoms. The van der Waals surface area contributed by atoms with E-state index in [1.54, 1.807) is 11.1 Å².